The quantitative estimate of drug-likeness (QED) is 0.653. The van der Waals surface area contributed by atoms with Crippen molar-refractivity contribution in [1.82, 2.24) is 4.98 Å². The van der Waals surface area contributed by atoms with E-state index in [-0.39, 0.29) is 0 Å². The first-order valence-electron chi connectivity index (χ1n) is 7.05. The van der Waals surface area contributed by atoms with Gasteiger partial charge < -0.3 is 9.47 Å². The molecule has 3 rings (SSSR count). The lowest BCUT2D eigenvalue weighted by Crippen LogP contribution is -1.96. The first kappa shape index (κ1) is 15.9. The summed E-state index contributed by atoms with van der Waals surface area (Å²) in [4.78, 5) is 4.32. The highest BCUT2D eigenvalue weighted by atomic mass is 35.5. The maximum atomic E-state index is 6.29. The summed E-state index contributed by atoms with van der Waals surface area (Å²) < 4.78 is 10.7. The minimum Gasteiger partial charge on any atom is -0.493 e. The second kappa shape index (κ2) is 6.65. The van der Waals surface area contributed by atoms with E-state index in [1.807, 2.05) is 36.5 Å². The van der Waals surface area contributed by atoms with Crippen LogP contribution in [0.3, 0.4) is 0 Å². The van der Waals surface area contributed by atoms with Crippen molar-refractivity contribution in [3.8, 4) is 11.5 Å². The van der Waals surface area contributed by atoms with Crippen molar-refractivity contribution in [3.05, 3.63) is 63.9 Å². The van der Waals surface area contributed by atoms with Gasteiger partial charge in [-0.1, -0.05) is 29.3 Å². The maximum absolute atomic E-state index is 6.29. The number of fused-ring (bicyclic) bond motifs is 1. The van der Waals surface area contributed by atoms with Gasteiger partial charge in [-0.15, -0.1) is 0 Å². The normalized spacial score (nSPS) is 10.8. The Bertz CT molecular complexity index is 845. The number of nitrogens with zero attached hydrogens (tertiary/aromatic N) is 1. The summed E-state index contributed by atoms with van der Waals surface area (Å²) in [6, 6.07) is 9.38. The van der Waals surface area contributed by atoms with Gasteiger partial charge in [0.2, 0.25) is 0 Å². The van der Waals surface area contributed by atoms with Gasteiger partial charge in [-0.25, -0.2) is 0 Å². The molecule has 0 aliphatic carbocycles. The Labute approximate surface area is 144 Å². The van der Waals surface area contributed by atoms with Gasteiger partial charge in [-0.2, -0.15) is 0 Å². The summed E-state index contributed by atoms with van der Waals surface area (Å²) in [5.41, 5.74) is 1.92. The summed E-state index contributed by atoms with van der Waals surface area (Å²) in [6.07, 6.45) is 4.22. The van der Waals surface area contributed by atoms with E-state index in [2.05, 4.69) is 4.98 Å². The molecule has 0 spiro atoms. The van der Waals surface area contributed by atoms with Crippen LogP contribution >= 0.6 is 23.2 Å². The third kappa shape index (κ3) is 3.07. The van der Waals surface area contributed by atoms with Gasteiger partial charge in [0, 0.05) is 34.2 Å². The highest BCUT2D eigenvalue weighted by Crippen LogP contribution is 2.35. The molecule has 0 radical (unpaired) electrons. The van der Waals surface area contributed by atoms with Gasteiger partial charge in [0.25, 0.3) is 0 Å². The second-order valence-corrected chi connectivity index (χ2v) is 5.92. The zero-order valence-electron chi connectivity index (χ0n) is 12.8. The molecule has 118 valence electrons. The molecule has 0 saturated carbocycles. The van der Waals surface area contributed by atoms with Crippen molar-refractivity contribution < 1.29 is 9.47 Å². The lowest BCUT2D eigenvalue weighted by molar-refractivity contribution is 0.356. The molecule has 23 heavy (non-hydrogen) atoms. The average Bonchev–Trinajstić information content (AvgIpc) is 2.57. The van der Waals surface area contributed by atoms with Gasteiger partial charge in [0.15, 0.2) is 11.5 Å². The molecule has 0 aliphatic rings. The Balaban J connectivity index is 2.14. The molecule has 1 heterocycles. The van der Waals surface area contributed by atoms with E-state index >= 15 is 0 Å². The van der Waals surface area contributed by atoms with Crippen LogP contribution in [-0.4, -0.2) is 19.2 Å². The number of halogens is 2. The van der Waals surface area contributed by atoms with Crippen LogP contribution in [0.1, 0.15) is 11.1 Å². The molecule has 0 fully saturated rings. The molecule has 0 atom stereocenters. The predicted octanol–water partition coefficient (Wildman–Crippen LogP) is 5.15. The number of benzene rings is 2. The highest BCUT2D eigenvalue weighted by molar-refractivity contribution is 6.36. The van der Waals surface area contributed by atoms with Gasteiger partial charge in [0.05, 0.1) is 14.2 Å². The Morgan fingerprint density at radius 2 is 1.61 bits per heavy atom. The fourth-order valence-corrected chi connectivity index (χ4v) is 3.12. The number of rotatable bonds is 4. The summed E-state index contributed by atoms with van der Waals surface area (Å²) >= 11 is 12.6. The molecule has 0 unspecified atom stereocenters. The molecule has 3 nitrogen and oxygen atoms in total. The van der Waals surface area contributed by atoms with E-state index < -0.39 is 0 Å². The van der Waals surface area contributed by atoms with E-state index in [0.717, 1.165) is 21.9 Å². The molecule has 0 aliphatic heterocycles. The lowest BCUT2D eigenvalue weighted by Gasteiger charge is -2.13. The van der Waals surface area contributed by atoms with Gasteiger partial charge >= 0.3 is 0 Å². The number of methoxy groups -OCH3 is 2. The maximum Gasteiger partial charge on any atom is 0.161 e. The number of aromatic nitrogens is 1. The molecule has 0 amide bonds. The molecule has 0 saturated heterocycles. The standard InChI is InChI=1S/C18H15Cl2NO2/c1-22-17-7-12-10-21-9-11(13(12)8-18(17)23-2)6-14-15(19)4-3-5-16(14)20/h3-5,7-10H,6H2,1-2H3. The zero-order chi connectivity index (χ0) is 16.4. The van der Waals surface area contributed by atoms with Crippen LogP contribution in [0.4, 0.5) is 0 Å². The highest BCUT2D eigenvalue weighted by Gasteiger charge is 2.12. The molecule has 0 bridgehead atoms. The number of ether oxygens (including phenoxy) is 2. The second-order valence-electron chi connectivity index (χ2n) is 5.10. The van der Waals surface area contributed by atoms with Crippen LogP contribution in [0.25, 0.3) is 10.8 Å². The minimum absolute atomic E-state index is 0.596. The van der Waals surface area contributed by atoms with Crippen molar-refractivity contribution in [3.63, 3.8) is 0 Å². The van der Waals surface area contributed by atoms with Crippen molar-refractivity contribution in [2.45, 2.75) is 6.42 Å². The smallest absolute Gasteiger partial charge is 0.161 e. The summed E-state index contributed by atoms with van der Waals surface area (Å²) in [6.45, 7) is 0. The molecular formula is C18H15Cl2NO2. The van der Waals surface area contributed by atoms with Crippen molar-refractivity contribution >= 4 is 34.0 Å². The van der Waals surface area contributed by atoms with Crippen LogP contribution in [0, 0.1) is 0 Å². The fourth-order valence-electron chi connectivity index (χ4n) is 2.59. The van der Waals surface area contributed by atoms with E-state index in [4.69, 9.17) is 32.7 Å². The number of pyridine rings is 1. The first-order valence-corrected chi connectivity index (χ1v) is 7.81. The topological polar surface area (TPSA) is 31.4 Å². The lowest BCUT2D eigenvalue weighted by atomic mass is 10.0. The first-order chi connectivity index (χ1) is 11.1. The molecular weight excluding hydrogens is 333 g/mol. The van der Waals surface area contributed by atoms with Crippen molar-refractivity contribution in [2.75, 3.05) is 14.2 Å². The number of hydrogen-bond donors (Lipinski definition) is 0. The van der Waals surface area contributed by atoms with Gasteiger partial charge in [-0.3, -0.25) is 4.98 Å². The Hall–Kier alpha value is -1.97. The third-order valence-corrected chi connectivity index (χ3v) is 4.48. The SMILES string of the molecule is COc1cc2cncc(Cc3c(Cl)cccc3Cl)c2cc1OC. The van der Waals surface area contributed by atoms with E-state index in [0.29, 0.717) is 28.0 Å². The Morgan fingerprint density at radius 3 is 2.26 bits per heavy atom. The van der Waals surface area contributed by atoms with Crippen molar-refractivity contribution in [2.24, 2.45) is 0 Å². The van der Waals surface area contributed by atoms with Crippen LogP contribution < -0.4 is 9.47 Å². The predicted molar refractivity (Wildman–Crippen MR) is 94.1 cm³/mol. The zero-order valence-corrected chi connectivity index (χ0v) is 14.3. The average molecular weight is 348 g/mol. The third-order valence-electron chi connectivity index (χ3n) is 3.77. The van der Waals surface area contributed by atoms with Crippen LogP contribution in [0.15, 0.2) is 42.7 Å². The Kier molecular flexibility index (Phi) is 4.60. The minimum atomic E-state index is 0.596. The van der Waals surface area contributed by atoms with Gasteiger partial charge in [0.1, 0.15) is 0 Å². The summed E-state index contributed by atoms with van der Waals surface area (Å²) in [5.74, 6) is 1.35. The van der Waals surface area contributed by atoms with Gasteiger partial charge in [-0.05, 0) is 40.8 Å². The fraction of sp³-hybridized carbons (Fsp3) is 0.167. The monoisotopic (exact) mass is 347 g/mol. The Morgan fingerprint density at radius 1 is 0.957 bits per heavy atom. The van der Waals surface area contributed by atoms with Crippen LogP contribution in [0.2, 0.25) is 10.0 Å². The van der Waals surface area contributed by atoms with Crippen LogP contribution in [0.5, 0.6) is 11.5 Å². The largest absolute Gasteiger partial charge is 0.493 e. The molecule has 3 aromatic rings. The van der Waals surface area contributed by atoms with E-state index in [1.165, 1.54) is 0 Å². The van der Waals surface area contributed by atoms with Crippen molar-refractivity contribution in [1.29, 1.82) is 0 Å². The molecule has 1 aromatic heterocycles. The number of hydrogen-bond acceptors (Lipinski definition) is 3. The van der Waals surface area contributed by atoms with Crippen LogP contribution in [-0.2, 0) is 6.42 Å². The molecule has 5 heteroatoms. The van der Waals surface area contributed by atoms with E-state index in [1.54, 1.807) is 20.4 Å². The summed E-state index contributed by atoms with van der Waals surface area (Å²) in [5, 5.41) is 3.31. The molecule has 0 N–H and O–H groups in total. The van der Waals surface area contributed by atoms with E-state index in [9.17, 15) is 0 Å². The summed E-state index contributed by atoms with van der Waals surface area (Å²) in [7, 11) is 3.24. The molecule has 2 aromatic carbocycles.